The molecule has 6 heteroatoms. The number of aromatic nitrogens is 2. The van der Waals surface area contributed by atoms with Crippen LogP contribution in [0.2, 0.25) is 0 Å². The second-order valence-corrected chi connectivity index (χ2v) is 3.91. The second kappa shape index (κ2) is 5.68. The molecule has 1 aromatic heterocycles. The van der Waals surface area contributed by atoms with E-state index in [1.54, 1.807) is 0 Å². The molecule has 0 atom stereocenters. The topological polar surface area (TPSA) is 51.0 Å². The Hall–Kier alpha value is -1.82. The largest absolute Gasteiger partial charge is 0.339 e. The van der Waals surface area contributed by atoms with Crippen molar-refractivity contribution in [3.05, 3.63) is 47.1 Å². The Bertz CT molecular complexity index is 508. The number of hydrogen-bond donors (Lipinski definition) is 1. The molecule has 96 valence electrons. The van der Waals surface area contributed by atoms with Gasteiger partial charge in [0.1, 0.15) is 11.6 Å². The van der Waals surface area contributed by atoms with E-state index in [1.807, 2.05) is 7.05 Å². The van der Waals surface area contributed by atoms with E-state index in [4.69, 9.17) is 4.52 Å². The zero-order valence-electron chi connectivity index (χ0n) is 9.91. The van der Waals surface area contributed by atoms with Gasteiger partial charge in [0, 0.05) is 25.5 Å². The average molecular weight is 253 g/mol. The van der Waals surface area contributed by atoms with Crippen molar-refractivity contribution in [2.45, 2.75) is 12.8 Å². The van der Waals surface area contributed by atoms with Crippen LogP contribution in [-0.2, 0) is 12.8 Å². The van der Waals surface area contributed by atoms with Crippen molar-refractivity contribution in [3.63, 3.8) is 0 Å². The van der Waals surface area contributed by atoms with Crippen LogP contribution in [0.3, 0.4) is 0 Å². The van der Waals surface area contributed by atoms with Gasteiger partial charge in [-0.25, -0.2) is 8.78 Å². The molecule has 0 amide bonds. The lowest BCUT2D eigenvalue weighted by Gasteiger charge is -1.97. The van der Waals surface area contributed by atoms with E-state index in [0.29, 0.717) is 23.7 Å². The fourth-order valence-electron chi connectivity index (χ4n) is 1.59. The molecule has 2 aromatic rings. The highest BCUT2D eigenvalue weighted by atomic mass is 19.1. The Morgan fingerprint density at radius 1 is 1.22 bits per heavy atom. The monoisotopic (exact) mass is 253 g/mol. The molecule has 0 spiro atoms. The summed E-state index contributed by atoms with van der Waals surface area (Å²) in [4.78, 5) is 4.14. The maximum atomic E-state index is 13.0. The molecule has 0 radical (unpaired) electrons. The van der Waals surface area contributed by atoms with Crippen molar-refractivity contribution in [2.24, 2.45) is 0 Å². The summed E-state index contributed by atoms with van der Waals surface area (Å²) in [6.07, 6.45) is 0.874. The predicted octanol–water partition coefficient (Wildman–Crippen LogP) is 1.70. The Kier molecular flexibility index (Phi) is 3.99. The number of nitrogens with one attached hydrogen (secondary N) is 1. The molecule has 0 fully saturated rings. The SMILES string of the molecule is CNCCc1nc(Cc2cc(F)cc(F)c2)no1. The summed E-state index contributed by atoms with van der Waals surface area (Å²) in [7, 11) is 1.83. The third-order valence-corrected chi connectivity index (χ3v) is 2.38. The lowest BCUT2D eigenvalue weighted by molar-refractivity contribution is 0.372. The van der Waals surface area contributed by atoms with E-state index in [-0.39, 0.29) is 6.42 Å². The molecule has 18 heavy (non-hydrogen) atoms. The van der Waals surface area contributed by atoms with Gasteiger partial charge < -0.3 is 9.84 Å². The lowest BCUT2D eigenvalue weighted by atomic mass is 10.1. The molecular formula is C12H13F2N3O. The minimum absolute atomic E-state index is 0.248. The number of likely N-dealkylation sites (N-methyl/N-ethyl adjacent to an activating group) is 1. The molecule has 0 aliphatic heterocycles. The molecule has 0 aliphatic rings. The van der Waals surface area contributed by atoms with Gasteiger partial charge in [-0.3, -0.25) is 0 Å². The molecule has 0 aliphatic carbocycles. The van der Waals surface area contributed by atoms with E-state index < -0.39 is 11.6 Å². The predicted molar refractivity (Wildman–Crippen MR) is 61.1 cm³/mol. The van der Waals surface area contributed by atoms with Crippen LogP contribution in [0.4, 0.5) is 8.78 Å². The summed E-state index contributed by atoms with van der Waals surface area (Å²) < 4.78 is 31.0. The van der Waals surface area contributed by atoms with Gasteiger partial charge in [-0.1, -0.05) is 5.16 Å². The first kappa shape index (κ1) is 12.6. The smallest absolute Gasteiger partial charge is 0.227 e. The third-order valence-electron chi connectivity index (χ3n) is 2.38. The molecule has 0 bridgehead atoms. The van der Waals surface area contributed by atoms with Crippen molar-refractivity contribution >= 4 is 0 Å². The summed E-state index contributed by atoms with van der Waals surface area (Å²) in [5.41, 5.74) is 0.480. The molecule has 0 saturated heterocycles. The van der Waals surface area contributed by atoms with Crippen molar-refractivity contribution in [1.82, 2.24) is 15.5 Å². The Balaban J connectivity index is 2.06. The number of nitrogens with zero attached hydrogens (tertiary/aromatic N) is 2. The highest BCUT2D eigenvalue weighted by Crippen LogP contribution is 2.11. The number of benzene rings is 1. The van der Waals surface area contributed by atoms with Gasteiger partial charge in [0.25, 0.3) is 0 Å². The van der Waals surface area contributed by atoms with E-state index in [2.05, 4.69) is 15.5 Å². The van der Waals surface area contributed by atoms with Crippen LogP contribution in [0, 0.1) is 11.6 Å². The highest BCUT2D eigenvalue weighted by Gasteiger charge is 2.08. The molecule has 0 unspecified atom stereocenters. The number of halogens is 2. The van der Waals surface area contributed by atoms with Gasteiger partial charge in [-0.05, 0) is 24.7 Å². The number of hydrogen-bond acceptors (Lipinski definition) is 4. The first-order valence-corrected chi connectivity index (χ1v) is 5.58. The zero-order chi connectivity index (χ0) is 13.0. The van der Waals surface area contributed by atoms with Gasteiger partial charge in [0.2, 0.25) is 5.89 Å². The van der Waals surface area contributed by atoms with Crippen molar-refractivity contribution in [1.29, 1.82) is 0 Å². The van der Waals surface area contributed by atoms with Crippen LogP contribution in [-0.4, -0.2) is 23.7 Å². The second-order valence-electron chi connectivity index (χ2n) is 3.91. The number of rotatable bonds is 5. The van der Waals surface area contributed by atoms with Gasteiger partial charge >= 0.3 is 0 Å². The first-order valence-electron chi connectivity index (χ1n) is 5.58. The summed E-state index contributed by atoms with van der Waals surface area (Å²) in [6, 6.07) is 3.34. The Morgan fingerprint density at radius 2 is 1.94 bits per heavy atom. The van der Waals surface area contributed by atoms with Crippen LogP contribution in [0.5, 0.6) is 0 Å². The van der Waals surface area contributed by atoms with E-state index in [9.17, 15) is 8.78 Å². The van der Waals surface area contributed by atoms with Gasteiger partial charge in [0.15, 0.2) is 5.82 Å². The van der Waals surface area contributed by atoms with Crippen LogP contribution in [0.25, 0.3) is 0 Å². The molecule has 2 rings (SSSR count). The van der Waals surface area contributed by atoms with Crippen LogP contribution in [0.15, 0.2) is 22.7 Å². The fourth-order valence-corrected chi connectivity index (χ4v) is 1.59. The molecule has 4 nitrogen and oxygen atoms in total. The molecular weight excluding hydrogens is 240 g/mol. The minimum Gasteiger partial charge on any atom is -0.339 e. The minimum atomic E-state index is -0.607. The lowest BCUT2D eigenvalue weighted by Crippen LogP contribution is -2.10. The Morgan fingerprint density at radius 3 is 2.61 bits per heavy atom. The van der Waals surface area contributed by atoms with Crippen LogP contribution in [0.1, 0.15) is 17.3 Å². The van der Waals surface area contributed by atoms with E-state index >= 15 is 0 Å². The average Bonchev–Trinajstić information content (AvgIpc) is 2.72. The van der Waals surface area contributed by atoms with Gasteiger partial charge in [0.05, 0.1) is 0 Å². The van der Waals surface area contributed by atoms with Crippen molar-refractivity contribution in [2.75, 3.05) is 13.6 Å². The maximum absolute atomic E-state index is 13.0. The normalized spacial score (nSPS) is 10.8. The fraction of sp³-hybridized carbons (Fsp3) is 0.333. The molecule has 1 N–H and O–H groups in total. The highest BCUT2D eigenvalue weighted by molar-refractivity contribution is 5.21. The van der Waals surface area contributed by atoms with E-state index in [1.165, 1.54) is 12.1 Å². The summed E-state index contributed by atoms with van der Waals surface area (Å²) in [6.45, 7) is 0.732. The molecule has 0 saturated carbocycles. The third kappa shape index (κ3) is 3.33. The summed E-state index contributed by atoms with van der Waals surface area (Å²) in [5, 5.41) is 6.73. The summed E-state index contributed by atoms with van der Waals surface area (Å²) in [5.74, 6) is -0.282. The molecule has 1 heterocycles. The summed E-state index contributed by atoms with van der Waals surface area (Å²) >= 11 is 0. The Labute approximate surface area is 103 Å². The van der Waals surface area contributed by atoms with Crippen molar-refractivity contribution in [3.8, 4) is 0 Å². The van der Waals surface area contributed by atoms with Gasteiger partial charge in [-0.15, -0.1) is 0 Å². The first-order chi connectivity index (χ1) is 8.67. The van der Waals surface area contributed by atoms with Crippen molar-refractivity contribution < 1.29 is 13.3 Å². The standard InChI is InChI=1S/C12H13F2N3O/c1-15-3-2-12-16-11(17-18-12)6-8-4-9(13)7-10(14)5-8/h4-5,7,15H,2-3,6H2,1H3. The van der Waals surface area contributed by atoms with Gasteiger partial charge in [-0.2, -0.15) is 4.98 Å². The quantitative estimate of drug-likeness (QED) is 0.881. The van der Waals surface area contributed by atoms with Crippen LogP contribution < -0.4 is 5.32 Å². The van der Waals surface area contributed by atoms with E-state index in [0.717, 1.165) is 12.6 Å². The molecule has 1 aromatic carbocycles. The maximum Gasteiger partial charge on any atom is 0.227 e. The zero-order valence-corrected chi connectivity index (χ0v) is 9.91. The van der Waals surface area contributed by atoms with Crippen LogP contribution >= 0.6 is 0 Å².